The van der Waals surface area contributed by atoms with Crippen LogP contribution in [0.4, 0.5) is 0 Å². The highest BCUT2D eigenvalue weighted by Gasteiger charge is 2.44. The standard InChI is InChI=1S/C15H18N4O4/c1-8-6-10(11-9(2)18-19(3)12(11)16-8)13(20)17-15(14(21)22)4-5-23-7-15/h6H,4-5,7H2,1-3H3,(H,17,20)(H,21,22). The summed E-state index contributed by atoms with van der Waals surface area (Å²) in [6.07, 6.45) is 0.243. The molecule has 1 unspecified atom stereocenters. The van der Waals surface area contributed by atoms with Gasteiger partial charge < -0.3 is 15.2 Å². The number of carboxylic acid groups (broad SMARTS) is 1. The molecule has 2 N–H and O–H groups in total. The minimum Gasteiger partial charge on any atom is -0.479 e. The van der Waals surface area contributed by atoms with Gasteiger partial charge in [-0.3, -0.25) is 9.48 Å². The number of rotatable bonds is 3. The highest BCUT2D eigenvalue weighted by atomic mass is 16.5. The van der Waals surface area contributed by atoms with Gasteiger partial charge in [-0.05, 0) is 19.9 Å². The molecule has 8 heteroatoms. The van der Waals surface area contributed by atoms with Crippen LogP contribution in [-0.2, 0) is 16.6 Å². The van der Waals surface area contributed by atoms with E-state index in [1.807, 2.05) is 0 Å². The van der Waals surface area contributed by atoms with Crippen LogP contribution in [0.15, 0.2) is 6.07 Å². The van der Waals surface area contributed by atoms with Crippen molar-refractivity contribution < 1.29 is 19.4 Å². The van der Waals surface area contributed by atoms with Crippen molar-refractivity contribution in [2.45, 2.75) is 25.8 Å². The number of hydrogen-bond donors (Lipinski definition) is 2. The maximum absolute atomic E-state index is 12.7. The Morgan fingerprint density at radius 3 is 2.78 bits per heavy atom. The number of nitrogens with one attached hydrogen (secondary N) is 1. The monoisotopic (exact) mass is 318 g/mol. The van der Waals surface area contributed by atoms with E-state index in [4.69, 9.17) is 4.74 Å². The van der Waals surface area contributed by atoms with Crippen molar-refractivity contribution in [2.24, 2.45) is 7.05 Å². The first-order valence-corrected chi connectivity index (χ1v) is 7.29. The third kappa shape index (κ3) is 2.44. The molecule has 8 nitrogen and oxygen atoms in total. The third-order valence-electron chi connectivity index (χ3n) is 4.13. The molecule has 1 saturated heterocycles. The lowest BCUT2D eigenvalue weighted by atomic mass is 9.97. The number of carbonyl (C=O) groups excluding carboxylic acids is 1. The second-order valence-corrected chi connectivity index (χ2v) is 5.86. The highest BCUT2D eigenvalue weighted by Crippen LogP contribution is 2.24. The normalized spacial score (nSPS) is 20.8. The number of carboxylic acids is 1. The Bertz CT molecular complexity index is 805. The van der Waals surface area contributed by atoms with Crippen LogP contribution in [0, 0.1) is 13.8 Å². The van der Waals surface area contributed by atoms with E-state index in [1.165, 1.54) is 0 Å². The predicted octanol–water partition coefficient (Wildman–Crippen LogP) is 0.559. The van der Waals surface area contributed by atoms with Crippen molar-refractivity contribution >= 4 is 22.9 Å². The van der Waals surface area contributed by atoms with Crippen LogP contribution in [0.25, 0.3) is 11.0 Å². The van der Waals surface area contributed by atoms with E-state index >= 15 is 0 Å². The van der Waals surface area contributed by atoms with Crippen molar-refractivity contribution in [1.29, 1.82) is 0 Å². The Morgan fingerprint density at radius 2 is 2.17 bits per heavy atom. The molecule has 0 radical (unpaired) electrons. The van der Waals surface area contributed by atoms with Crippen LogP contribution in [0.3, 0.4) is 0 Å². The van der Waals surface area contributed by atoms with Crippen molar-refractivity contribution in [1.82, 2.24) is 20.1 Å². The summed E-state index contributed by atoms with van der Waals surface area (Å²) >= 11 is 0. The highest BCUT2D eigenvalue weighted by molar-refractivity contribution is 6.08. The number of nitrogens with zero attached hydrogens (tertiary/aromatic N) is 3. The Kier molecular flexibility index (Phi) is 3.56. The zero-order chi connectivity index (χ0) is 16.8. The number of amides is 1. The molecule has 0 spiro atoms. The second kappa shape index (κ2) is 5.31. The number of hydrogen-bond acceptors (Lipinski definition) is 5. The minimum absolute atomic E-state index is 0.0344. The smallest absolute Gasteiger partial charge is 0.331 e. The van der Waals surface area contributed by atoms with Gasteiger partial charge in [-0.2, -0.15) is 5.10 Å². The molecule has 3 rings (SSSR count). The molecule has 2 aromatic rings. The van der Waals surface area contributed by atoms with Crippen LogP contribution < -0.4 is 5.32 Å². The number of pyridine rings is 1. The molecule has 122 valence electrons. The Morgan fingerprint density at radius 1 is 1.43 bits per heavy atom. The van der Waals surface area contributed by atoms with Gasteiger partial charge in [-0.1, -0.05) is 0 Å². The van der Waals surface area contributed by atoms with E-state index in [0.717, 1.165) is 0 Å². The molecule has 23 heavy (non-hydrogen) atoms. The zero-order valence-electron chi connectivity index (χ0n) is 13.2. The van der Waals surface area contributed by atoms with Crippen LogP contribution in [0.1, 0.15) is 28.2 Å². The van der Waals surface area contributed by atoms with Gasteiger partial charge in [-0.25, -0.2) is 9.78 Å². The van der Waals surface area contributed by atoms with Crippen LogP contribution in [0.2, 0.25) is 0 Å². The molecule has 1 aliphatic heterocycles. The molecule has 1 aliphatic rings. The van der Waals surface area contributed by atoms with Gasteiger partial charge in [0.1, 0.15) is 0 Å². The number of ether oxygens (including phenoxy) is 1. The lowest BCUT2D eigenvalue weighted by molar-refractivity contribution is -0.144. The van der Waals surface area contributed by atoms with Gasteiger partial charge in [0.25, 0.3) is 5.91 Å². The Balaban J connectivity index is 2.06. The average Bonchev–Trinajstić information content (AvgIpc) is 3.05. The van der Waals surface area contributed by atoms with Gasteiger partial charge in [0, 0.05) is 25.8 Å². The van der Waals surface area contributed by atoms with Crippen molar-refractivity contribution in [3.63, 3.8) is 0 Å². The van der Waals surface area contributed by atoms with E-state index in [-0.39, 0.29) is 13.0 Å². The maximum Gasteiger partial charge on any atom is 0.331 e. The SMILES string of the molecule is Cc1cc(C(=O)NC2(C(=O)O)CCOC2)c2c(C)nn(C)c2n1. The summed E-state index contributed by atoms with van der Waals surface area (Å²) < 4.78 is 6.78. The largest absolute Gasteiger partial charge is 0.479 e. The molecule has 3 heterocycles. The van der Waals surface area contributed by atoms with Crippen molar-refractivity contribution in [3.8, 4) is 0 Å². The molecule has 0 aromatic carbocycles. The lowest BCUT2D eigenvalue weighted by Crippen LogP contribution is -2.55. The van der Waals surface area contributed by atoms with Gasteiger partial charge in [-0.15, -0.1) is 0 Å². The molecule has 0 bridgehead atoms. The van der Waals surface area contributed by atoms with Crippen molar-refractivity contribution in [3.05, 3.63) is 23.0 Å². The molecule has 2 aromatic heterocycles. The fourth-order valence-corrected chi connectivity index (χ4v) is 2.92. The number of carbonyl (C=O) groups is 2. The van der Waals surface area contributed by atoms with Crippen molar-refractivity contribution in [2.75, 3.05) is 13.2 Å². The fourth-order valence-electron chi connectivity index (χ4n) is 2.92. The van der Waals surface area contributed by atoms with E-state index < -0.39 is 17.4 Å². The zero-order valence-corrected chi connectivity index (χ0v) is 13.2. The van der Waals surface area contributed by atoms with Crippen LogP contribution in [0.5, 0.6) is 0 Å². The van der Waals surface area contributed by atoms with E-state index in [2.05, 4.69) is 15.4 Å². The third-order valence-corrected chi connectivity index (χ3v) is 4.13. The summed E-state index contributed by atoms with van der Waals surface area (Å²) in [5, 5.41) is 17.0. The fraction of sp³-hybridized carbons (Fsp3) is 0.467. The number of aliphatic carboxylic acids is 1. The molecule has 1 fully saturated rings. The summed E-state index contributed by atoms with van der Waals surface area (Å²) in [6.45, 7) is 3.85. The van der Waals surface area contributed by atoms with E-state index in [0.29, 0.717) is 34.6 Å². The van der Waals surface area contributed by atoms with Gasteiger partial charge in [0.05, 0.1) is 23.3 Å². The molecule has 0 saturated carbocycles. The van der Waals surface area contributed by atoms with Crippen LogP contribution in [-0.4, -0.2) is 50.5 Å². The van der Waals surface area contributed by atoms with Gasteiger partial charge in [0.2, 0.25) is 0 Å². The van der Waals surface area contributed by atoms with E-state index in [1.54, 1.807) is 31.6 Å². The number of aryl methyl sites for hydroxylation is 3. The quantitative estimate of drug-likeness (QED) is 0.856. The number of aromatic nitrogens is 3. The molecular weight excluding hydrogens is 300 g/mol. The average molecular weight is 318 g/mol. The van der Waals surface area contributed by atoms with Gasteiger partial charge >= 0.3 is 5.97 Å². The number of fused-ring (bicyclic) bond motifs is 1. The molecule has 1 atom stereocenters. The van der Waals surface area contributed by atoms with Crippen LogP contribution >= 0.6 is 0 Å². The summed E-state index contributed by atoms with van der Waals surface area (Å²) in [7, 11) is 1.76. The molecular formula is C15H18N4O4. The summed E-state index contributed by atoms with van der Waals surface area (Å²) in [5.41, 5.74) is 0.937. The minimum atomic E-state index is -1.38. The summed E-state index contributed by atoms with van der Waals surface area (Å²) in [6, 6.07) is 1.65. The first kappa shape index (κ1) is 15.4. The topological polar surface area (TPSA) is 106 Å². The first-order chi connectivity index (χ1) is 10.8. The molecule has 0 aliphatic carbocycles. The summed E-state index contributed by atoms with van der Waals surface area (Å²) in [4.78, 5) is 28.7. The summed E-state index contributed by atoms with van der Waals surface area (Å²) in [5.74, 6) is -1.54. The Hall–Kier alpha value is -2.48. The van der Waals surface area contributed by atoms with E-state index in [9.17, 15) is 14.7 Å². The predicted molar refractivity (Wildman–Crippen MR) is 81.3 cm³/mol. The first-order valence-electron chi connectivity index (χ1n) is 7.29. The Labute approximate surface area is 132 Å². The second-order valence-electron chi connectivity index (χ2n) is 5.86. The lowest BCUT2D eigenvalue weighted by Gasteiger charge is -2.24. The molecule has 1 amide bonds. The maximum atomic E-state index is 12.7. The van der Waals surface area contributed by atoms with Gasteiger partial charge in [0.15, 0.2) is 11.2 Å².